The average Bonchev–Trinajstić information content (AvgIpc) is 2.84. The molecule has 2 aliphatic rings. The summed E-state index contributed by atoms with van der Waals surface area (Å²) in [5, 5.41) is 13.0. The van der Waals surface area contributed by atoms with Crippen LogP contribution in [-0.4, -0.2) is 52.3 Å². The monoisotopic (exact) mass is 326 g/mol. The molecule has 0 aromatic carbocycles. The molecule has 1 aliphatic carbocycles. The highest BCUT2D eigenvalue weighted by Gasteiger charge is 2.42. The Morgan fingerprint density at radius 2 is 1.74 bits per heavy atom. The van der Waals surface area contributed by atoms with Gasteiger partial charge in [0, 0.05) is 18.6 Å². The molecule has 132 valence electrons. The predicted molar refractivity (Wildman–Crippen MR) is 87.3 cm³/mol. The van der Waals surface area contributed by atoms with Gasteiger partial charge in [-0.25, -0.2) is 9.59 Å². The Morgan fingerprint density at radius 1 is 1.13 bits per heavy atom. The largest absolute Gasteiger partial charge is 0.480 e. The number of carboxylic acid groups (broad SMARTS) is 1. The molecule has 2 rings (SSSR count). The first-order valence-corrected chi connectivity index (χ1v) is 8.64. The lowest BCUT2D eigenvalue weighted by Gasteiger charge is -2.29. The van der Waals surface area contributed by atoms with E-state index in [-0.39, 0.29) is 6.04 Å². The number of amides is 1. The van der Waals surface area contributed by atoms with Crippen LogP contribution in [0.5, 0.6) is 0 Å². The fourth-order valence-corrected chi connectivity index (χ4v) is 3.47. The molecular weight excluding hydrogens is 296 g/mol. The normalized spacial score (nSPS) is 31.9. The van der Waals surface area contributed by atoms with Crippen LogP contribution in [0.1, 0.15) is 59.8 Å². The molecule has 2 atom stereocenters. The van der Waals surface area contributed by atoms with Crippen molar-refractivity contribution >= 4 is 12.1 Å². The van der Waals surface area contributed by atoms with Gasteiger partial charge in [0.2, 0.25) is 0 Å². The van der Waals surface area contributed by atoms with Crippen LogP contribution in [-0.2, 0) is 9.53 Å². The molecule has 2 N–H and O–H groups in total. The lowest BCUT2D eigenvalue weighted by molar-refractivity contribution is -0.142. The van der Waals surface area contributed by atoms with Crippen LogP contribution >= 0.6 is 0 Å². The third-order valence-corrected chi connectivity index (χ3v) is 4.70. The second kappa shape index (κ2) is 7.07. The first-order chi connectivity index (χ1) is 10.7. The molecule has 0 aromatic rings. The molecule has 2 fully saturated rings. The van der Waals surface area contributed by atoms with Crippen molar-refractivity contribution in [3.8, 4) is 0 Å². The number of hydrogen-bond acceptors (Lipinski definition) is 4. The Morgan fingerprint density at radius 3 is 2.26 bits per heavy atom. The van der Waals surface area contributed by atoms with E-state index >= 15 is 0 Å². The maximum absolute atomic E-state index is 12.3. The van der Waals surface area contributed by atoms with Gasteiger partial charge in [0.15, 0.2) is 0 Å². The highest BCUT2D eigenvalue weighted by Crippen LogP contribution is 2.26. The summed E-state index contributed by atoms with van der Waals surface area (Å²) in [6.07, 6.45) is 4.58. The number of ether oxygens (including phenoxy) is 1. The van der Waals surface area contributed by atoms with Gasteiger partial charge in [0.25, 0.3) is 0 Å². The van der Waals surface area contributed by atoms with Gasteiger partial charge in [-0.2, -0.15) is 0 Å². The number of carboxylic acids is 1. The van der Waals surface area contributed by atoms with E-state index in [4.69, 9.17) is 4.74 Å². The van der Waals surface area contributed by atoms with Crippen molar-refractivity contribution in [1.82, 2.24) is 10.2 Å². The van der Waals surface area contributed by atoms with Crippen LogP contribution in [0.4, 0.5) is 4.79 Å². The zero-order chi connectivity index (χ0) is 17.2. The van der Waals surface area contributed by atoms with Crippen molar-refractivity contribution in [1.29, 1.82) is 0 Å². The highest BCUT2D eigenvalue weighted by molar-refractivity contribution is 5.81. The summed E-state index contributed by atoms with van der Waals surface area (Å²) in [5.41, 5.74) is -0.620. The minimum Gasteiger partial charge on any atom is -0.480 e. The van der Waals surface area contributed by atoms with E-state index < -0.39 is 23.7 Å². The molecule has 0 bridgehead atoms. The van der Waals surface area contributed by atoms with Crippen molar-refractivity contribution in [2.45, 2.75) is 83.5 Å². The molecule has 1 saturated carbocycles. The predicted octanol–water partition coefficient (Wildman–Crippen LogP) is 2.62. The van der Waals surface area contributed by atoms with Gasteiger partial charge in [0.1, 0.15) is 11.6 Å². The lowest BCUT2D eigenvalue weighted by Crippen LogP contribution is -2.44. The summed E-state index contributed by atoms with van der Waals surface area (Å²) in [6.45, 7) is 8.04. The van der Waals surface area contributed by atoms with Crippen LogP contribution in [0.2, 0.25) is 0 Å². The van der Waals surface area contributed by atoms with E-state index in [0.29, 0.717) is 19.0 Å². The van der Waals surface area contributed by atoms with Gasteiger partial charge in [-0.05, 0) is 58.8 Å². The van der Waals surface area contributed by atoms with Crippen LogP contribution in [0.25, 0.3) is 0 Å². The summed E-state index contributed by atoms with van der Waals surface area (Å²) in [6, 6.07) is -0.337. The third kappa shape index (κ3) is 5.09. The van der Waals surface area contributed by atoms with Crippen molar-refractivity contribution in [2.24, 2.45) is 5.92 Å². The molecule has 23 heavy (non-hydrogen) atoms. The Hall–Kier alpha value is -1.30. The van der Waals surface area contributed by atoms with Crippen LogP contribution in [0.15, 0.2) is 0 Å². The van der Waals surface area contributed by atoms with Crippen molar-refractivity contribution in [2.75, 3.05) is 6.54 Å². The minimum absolute atomic E-state index is 0.0297. The number of carbonyl (C=O) groups is 2. The van der Waals surface area contributed by atoms with Crippen molar-refractivity contribution in [3.63, 3.8) is 0 Å². The van der Waals surface area contributed by atoms with E-state index in [1.807, 2.05) is 0 Å². The fourth-order valence-electron chi connectivity index (χ4n) is 3.47. The SMILES string of the molecule is CC1CCC(N[C@H]2C[C@@H](C(=O)O)N(C(=O)OC(C)(C)C)C2)CC1. The zero-order valence-electron chi connectivity index (χ0n) is 14.7. The smallest absolute Gasteiger partial charge is 0.411 e. The van der Waals surface area contributed by atoms with E-state index in [0.717, 1.165) is 18.8 Å². The minimum atomic E-state index is -0.961. The summed E-state index contributed by atoms with van der Waals surface area (Å²) < 4.78 is 5.35. The number of carbonyl (C=O) groups excluding carboxylic acids is 1. The first kappa shape index (κ1) is 18.0. The molecule has 1 aliphatic heterocycles. The Bertz CT molecular complexity index is 438. The van der Waals surface area contributed by atoms with Crippen LogP contribution in [0, 0.1) is 5.92 Å². The molecule has 0 unspecified atom stereocenters. The van der Waals surface area contributed by atoms with Gasteiger partial charge < -0.3 is 15.2 Å². The summed E-state index contributed by atoms with van der Waals surface area (Å²) in [5.74, 6) is -0.181. The molecule has 1 saturated heterocycles. The first-order valence-electron chi connectivity index (χ1n) is 8.64. The molecular formula is C17H30N2O4. The molecule has 1 amide bonds. The topological polar surface area (TPSA) is 78.9 Å². The number of nitrogens with zero attached hydrogens (tertiary/aromatic N) is 1. The highest BCUT2D eigenvalue weighted by atomic mass is 16.6. The number of nitrogens with one attached hydrogen (secondary N) is 1. The number of aliphatic carboxylic acids is 1. The summed E-state index contributed by atoms with van der Waals surface area (Å²) in [4.78, 5) is 25.1. The Kier molecular flexibility index (Phi) is 5.55. The Balaban J connectivity index is 1.94. The van der Waals surface area contributed by atoms with Crippen LogP contribution < -0.4 is 5.32 Å². The molecule has 1 heterocycles. The van der Waals surface area contributed by atoms with E-state index in [1.54, 1.807) is 20.8 Å². The lowest BCUT2D eigenvalue weighted by atomic mass is 9.87. The van der Waals surface area contributed by atoms with Gasteiger partial charge in [0.05, 0.1) is 0 Å². The molecule has 6 nitrogen and oxygen atoms in total. The maximum Gasteiger partial charge on any atom is 0.411 e. The number of hydrogen-bond donors (Lipinski definition) is 2. The molecule has 0 aromatic heterocycles. The molecule has 0 spiro atoms. The number of likely N-dealkylation sites (tertiary alicyclic amines) is 1. The van der Waals surface area contributed by atoms with E-state index in [1.165, 1.54) is 17.7 Å². The standard InChI is InChI=1S/C17H30N2O4/c1-11-5-7-12(8-6-11)18-13-9-14(15(20)21)19(10-13)16(22)23-17(2,3)4/h11-14,18H,5-10H2,1-4H3,(H,20,21)/t11?,12?,13-,14-/m0/s1. The van der Waals surface area contributed by atoms with Gasteiger partial charge >= 0.3 is 12.1 Å². The summed E-state index contributed by atoms with van der Waals surface area (Å²) >= 11 is 0. The van der Waals surface area contributed by atoms with E-state index in [9.17, 15) is 14.7 Å². The maximum atomic E-state index is 12.3. The zero-order valence-corrected chi connectivity index (χ0v) is 14.7. The quantitative estimate of drug-likeness (QED) is 0.833. The summed E-state index contributed by atoms with van der Waals surface area (Å²) in [7, 11) is 0. The second-order valence-corrected chi connectivity index (χ2v) is 8.04. The number of rotatable bonds is 3. The van der Waals surface area contributed by atoms with Gasteiger partial charge in [-0.1, -0.05) is 6.92 Å². The third-order valence-electron chi connectivity index (χ3n) is 4.70. The molecule has 0 radical (unpaired) electrons. The Labute approximate surface area is 138 Å². The van der Waals surface area contributed by atoms with Crippen LogP contribution in [0.3, 0.4) is 0 Å². The molecule has 6 heteroatoms. The van der Waals surface area contributed by atoms with Gasteiger partial charge in [-0.15, -0.1) is 0 Å². The van der Waals surface area contributed by atoms with E-state index in [2.05, 4.69) is 12.2 Å². The second-order valence-electron chi connectivity index (χ2n) is 8.04. The average molecular weight is 326 g/mol. The fraction of sp³-hybridized carbons (Fsp3) is 0.882. The van der Waals surface area contributed by atoms with Crippen molar-refractivity contribution < 1.29 is 19.4 Å². The van der Waals surface area contributed by atoms with Gasteiger partial charge in [-0.3, -0.25) is 4.90 Å². The van der Waals surface area contributed by atoms with Crippen molar-refractivity contribution in [3.05, 3.63) is 0 Å².